The number of primary amides is 1. The summed E-state index contributed by atoms with van der Waals surface area (Å²) in [6, 6.07) is 0.424. The summed E-state index contributed by atoms with van der Waals surface area (Å²) in [6.07, 6.45) is -3.12. The first-order chi connectivity index (χ1) is 6.43. The Morgan fingerprint density at radius 1 is 1.57 bits per heavy atom. The predicted molar refractivity (Wildman–Crippen MR) is 39.3 cm³/mol. The van der Waals surface area contributed by atoms with Crippen LogP contribution in [0.3, 0.4) is 0 Å². The fraction of sp³-hybridized carbons (Fsp3) is 0.143. The SMILES string of the molecule is NC(=O)c1nc(F)c(C(F)F)cc1O. The molecular formula is C7H5F3N2O2. The fourth-order valence-electron chi connectivity index (χ4n) is 0.830. The monoisotopic (exact) mass is 206 g/mol. The van der Waals surface area contributed by atoms with Gasteiger partial charge >= 0.3 is 0 Å². The number of hydrogen-bond acceptors (Lipinski definition) is 3. The van der Waals surface area contributed by atoms with Gasteiger partial charge < -0.3 is 10.8 Å². The van der Waals surface area contributed by atoms with Crippen LogP contribution in [0.15, 0.2) is 6.07 Å². The van der Waals surface area contributed by atoms with E-state index in [-0.39, 0.29) is 0 Å². The van der Waals surface area contributed by atoms with Crippen molar-refractivity contribution in [3.63, 3.8) is 0 Å². The molecule has 0 aromatic carbocycles. The van der Waals surface area contributed by atoms with Crippen LogP contribution >= 0.6 is 0 Å². The summed E-state index contributed by atoms with van der Waals surface area (Å²) in [5, 5.41) is 8.97. The van der Waals surface area contributed by atoms with Crippen molar-refractivity contribution in [3.8, 4) is 5.75 Å². The topological polar surface area (TPSA) is 76.2 Å². The molecule has 0 atom stereocenters. The highest BCUT2D eigenvalue weighted by Crippen LogP contribution is 2.26. The van der Waals surface area contributed by atoms with E-state index < -0.39 is 35.3 Å². The molecule has 0 aliphatic carbocycles. The van der Waals surface area contributed by atoms with E-state index >= 15 is 0 Å². The Labute approximate surface area is 76.2 Å². The number of aromatic nitrogens is 1. The summed E-state index contributed by atoms with van der Waals surface area (Å²) in [5.74, 6) is -3.58. The number of carbonyl (C=O) groups is 1. The molecule has 1 aromatic rings. The van der Waals surface area contributed by atoms with E-state index in [9.17, 15) is 18.0 Å². The molecule has 0 spiro atoms. The van der Waals surface area contributed by atoms with Crippen molar-refractivity contribution in [2.75, 3.05) is 0 Å². The molecule has 0 saturated heterocycles. The van der Waals surface area contributed by atoms with Gasteiger partial charge in [0.25, 0.3) is 12.3 Å². The summed E-state index contributed by atoms with van der Waals surface area (Å²) >= 11 is 0. The second kappa shape index (κ2) is 3.52. The van der Waals surface area contributed by atoms with E-state index in [1.54, 1.807) is 0 Å². The molecule has 0 bridgehead atoms. The number of nitrogens with two attached hydrogens (primary N) is 1. The molecule has 1 heterocycles. The van der Waals surface area contributed by atoms with Crippen LogP contribution in [-0.2, 0) is 0 Å². The van der Waals surface area contributed by atoms with Crippen molar-refractivity contribution in [2.24, 2.45) is 5.73 Å². The smallest absolute Gasteiger partial charge is 0.271 e. The van der Waals surface area contributed by atoms with Crippen LogP contribution in [0.2, 0.25) is 0 Å². The molecule has 4 nitrogen and oxygen atoms in total. The summed E-state index contributed by atoms with van der Waals surface area (Å²) < 4.78 is 36.8. The van der Waals surface area contributed by atoms with Crippen LogP contribution in [0.4, 0.5) is 13.2 Å². The van der Waals surface area contributed by atoms with Crippen LogP contribution in [0.25, 0.3) is 0 Å². The van der Waals surface area contributed by atoms with E-state index in [1.165, 1.54) is 0 Å². The third kappa shape index (κ3) is 1.76. The zero-order valence-corrected chi connectivity index (χ0v) is 6.67. The van der Waals surface area contributed by atoms with E-state index in [2.05, 4.69) is 4.98 Å². The van der Waals surface area contributed by atoms with Crippen molar-refractivity contribution in [3.05, 3.63) is 23.3 Å². The van der Waals surface area contributed by atoms with Crippen LogP contribution in [0.5, 0.6) is 5.75 Å². The van der Waals surface area contributed by atoms with Crippen molar-refractivity contribution < 1.29 is 23.1 Å². The minimum atomic E-state index is -3.12. The molecular weight excluding hydrogens is 201 g/mol. The number of rotatable bonds is 2. The average molecular weight is 206 g/mol. The Kier molecular flexibility index (Phi) is 2.59. The lowest BCUT2D eigenvalue weighted by Gasteiger charge is -2.04. The molecule has 0 radical (unpaired) electrons. The van der Waals surface area contributed by atoms with E-state index in [1.807, 2.05) is 0 Å². The Morgan fingerprint density at radius 3 is 2.57 bits per heavy atom. The van der Waals surface area contributed by atoms with Gasteiger partial charge in [0.15, 0.2) is 5.69 Å². The minimum absolute atomic E-state index is 0.424. The number of carbonyl (C=O) groups excluding carboxylic acids is 1. The molecule has 0 unspecified atom stereocenters. The van der Waals surface area contributed by atoms with Gasteiger partial charge in [-0.05, 0) is 6.07 Å². The van der Waals surface area contributed by atoms with Gasteiger partial charge in [-0.2, -0.15) is 4.39 Å². The van der Waals surface area contributed by atoms with Gasteiger partial charge in [0.2, 0.25) is 5.95 Å². The number of hydrogen-bond donors (Lipinski definition) is 2. The standard InChI is InChI=1S/C7H5F3N2O2/c8-5(9)2-1-3(13)4(7(11)14)12-6(2)10/h1,5,13H,(H2,11,14). The molecule has 0 aliphatic heterocycles. The summed E-state index contributed by atoms with van der Waals surface area (Å²) in [4.78, 5) is 13.3. The van der Waals surface area contributed by atoms with Gasteiger partial charge in [0.1, 0.15) is 5.75 Å². The number of halogens is 3. The van der Waals surface area contributed by atoms with Crippen molar-refractivity contribution in [1.29, 1.82) is 0 Å². The van der Waals surface area contributed by atoms with Crippen LogP contribution in [-0.4, -0.2) is 16.0 Å². The van der Waals surface area contributed by atoms with Crippen LogP contribution < -0.4 is 5.73 Å². The molecule has 76 valence electrons. The first-order valence-electron chi connectivity index (χ1n) is 3.41. The van der Waals surface area contributed by atoms with Gasteiger partial charge in [0.05, 0.1) is 5.56 Å². The quantitative estimate of drug-likeness (QED) is 0.707. The molecule has 1 aromatic heterocycles. The van der Waals surface area contributed by atoms with Gasteiger partial charge in [-0.1, -0.05) is 0 Å². The summed E-state index contributed by atoms with van der Waals surface area (Å²) in [6.45, 7) is 0. The number of pyridine rings is 1. The maximum Gasteiger partial charge on any atom is 0.271 e. The maximum atomic E-state index is 12.7. The second-order valence-electron chi connectivity index (χ2n) is 2.40. The second-order valence-corrected chi connectivity index (χ2v) is 2.40. The van der Waals surface area contributed by atoms with Crippen LogP contribution in [0, 0.1) is 5.95 Å². The number of alkyl halides is 2. The van der Waals surface area contributed by atoms with Crippen LogP contribution in [0.1, 0.15) is 22.5 Å². The van der Waals surface area contributed by atoms with E-state index in [4.69, 9.17) is 10.8 Å². The van der Waals surface area contributed by atoms with Gasteiger partial charge in [-0.15, -0.1) is 0 Å². The zero-order valence-electron chi connectivity index (χ0n) is 6.67. The van der Waals surface area contributed by atoms with Gasteiger partial charge in [-0.25, -0.2) is 13.8 Å². The average Bonchev–Trinajstić information content (AvgIpc) is 2.07. The van der Waals surface area contributed by atoms with Crippen molar-refractivity contribution in [2.45, 2.75) is 6.43 Å². The first kappa shape index (κ1) is 10.3. The normalized spacial score (nSPS) is 10.6. The third-order valence-corrected chi connectivity index (χ3v) is 1.45. The van der Waals surface area contributed by atoms with E-state index in [0.29, 0.717) is 6.07 Å². The number of aromatic hydroxyl groups is 1. The molecule has 0 aliphatic rings. The molecule has 1 rings (SSSR count). The lowest BCUT2D eigenvalue weighted by molar-refractivity contribution is 0.0989. The minimum Gasteiger partial charge on any atom is -0.505 e. The Morgan fingerprint density at radius 2 is 2.14 bits per heavy atom. The highest BCUT2D eigenvalue weighted by Gasteiger charge is 2.20. The fourth-order valence-corrected chi connectivity index (χ4v) is 0.830. The Hall–Kier alpha value is -1.79. The van der Waals surface area contributed by atoms with E-state index in [0.717, 1.165) is 0 Å². The molecule has 1 amide bonds. The highest BCUT2D eigenvalue weighted by molar-refractivity contribution is 5.93. The molecule has 3 N–H and O–H groups in total. The summed E-state index contributed by atoms with van der Waals surface area (Å²) in [7, 11) is 0. The largest absolute Gasteiger partial charge is 0.505 e. The predicted octanol–water partition coefficient (Wildman–Crippen LogP) is 0.963. The number of amides is 1. The maximum absolute atomic E-state index is 12.7. The number of nitrogens with zero attached hydrogens (tertiary/aromatic N) is 1. The highest BCUT2D eigenvalue weighted by atomic mass is 19.3. The molecule has 7 heteroatoms. The molecule has 14 heavy (non-hydrogen) atoms. The third-order valence-electron chi connectivity index (χ3n) is 1.45. The van der Waals surface area contributed by atoms with Gasteiger partial charge in [0, 0.05) is 0 Å². The van der Waals surface area contributed by atoms with Crippen molar-refractivity contribution in [1.82, 2.24) is 4.98 Å². The first-order valence-corrected chi connectivity index (χ1v) is 3.41. The summed E-state index contributed by atoms with van der Waals surface area (Å²) in [5.41, 5.74) is 2.85. The zero-order chi connectivity index (χ0) is 10.9. The Bertz CT molecular complexity index is 381. The molecule has 0 fully saturated rings. The molecule has 0 saturated carbocycles. The Balaban J connectivity index is 3.31. The lowest BCUT2D eigenvalue weighted by atomic mass is 10.2. The van der Waals surface area contributed by atoms with Crippen molar-refractivity contribution >= 4 is 5.91 Å². The lowest BCUT2D eigenvalue weighted by Crippen LogP contribution is -2.15. The van der Waals surface area contributed by atoms with Gasteiger partial charge in [-0.3, -0.25) is 4.79 Å².